The SMILES string of the molecule is CC1C2(c3ccccc3)OC(=N)C1(C#N)C(C#N)(C#N)C(c1ccccn1)O2. The van der Waals surface area contributed by atoms with Crippen molar-refractivity contribution in [2.24, 2.45) is 16.7 Å². The van der Waals surface area contributed by atoms with Crippen molar-refractivity contribution in [2.75, 3.05) is 0 Å². The molecule has 0 aliphatic carbocycles. The summed E-state index contributed by atoms with van der Waals surface area (Å²) in [5.41, 5.74) is -2.88. The minimum atomic E-state index is -2.00. The number of nitrogens with one attached hydrogen (secondary N) is 1. The van der Waals surface area contributed by atoms with Crippen molar-refractivity contribution in [3.8, 4) is 18.2 Å². The summed E-state index contributed by atoms with van der Waals surface area (Å²) >= 11 is 0. The quantitative estimate of drug-likeness (QED) is 0.866. The molecule has 0 amide bonds. The van der Waals surface area contributed by atoms with Crippen LogP contribution in [-0.2, 0) is 15.3 Å². The maximum Gasteiger partial charge on any atom is 0.244 e. The lowest BCUT2D eigenvalue weighted by atomic mass is 9.54. The van der Waals surface area contributed by atoms with Gasteiger partial charge in [0, 0.05) is 11.8 Å². The van der Waals surface area contributed by atoms with Gasteiger partial charge in [-0.2, -0.15) is 15.8 Å². The fourth-order valence-corrected chi connectivity index (χ4v) is 4.33. The van der Waals surface area contributed by atoms with E-state index < -0.39 is 34.5 Å². The Balaban J connectivity index is 2.05. The summed E-state index contributed by atoms with van der Waals surface area (Å²) in [5.74, 6) is -2.69. The molecule has 7 heteroatoms. The number of rotatable bonds is 2. The molecule has 3 heterocycles. The standard InChI is InChI=1S/C21H15N5O2/c1-14-20(13-24)18(25)28-21(14,15-7-3-2-4-8-15)27-17(19(20,11-22)12-23)16-9-5-6-10-26-16/h2-10,14,17,25H,1H3. The molecule has 2 aliphatic rings. The summed E-state index contributed by atoms with van der Waals surface area (Å²) in [6.07, 6.45) is 0.348. The van der Waals surface area contributed by atoms with Crippen LogP contribution in [0.5, 0.6) is 0 Å². The maximum atomic E-state index is 10.2. The van der Waals surface area contributed by atoms with Gasteiger partial charge >= 0.3 is 0 Å². The van der Waals surface area contributed by atoms with Gasteiger partial charge in [0.2, 0.25) is 17.1 Å². The second-order valence-electron chi connectivity index (χ2n) is 6.89. The zero-order chi connectivity index (χ0) is 20.0. The van der Waals surface area contributed by atoms with Gasteiger partial charge in [0.15, 0.2) is 5.41 Å². The van der Waals surface area contributed by atoms with Gasteiger partial charge in [0.1, 0.15) is 6.10 Å². The van der Waals surface area contributed by atoms with Gasteiger partial charge in [-0.05, 0) is 12.1 Å². The monoisotopic (exact) mass is 369 g/mol. The fraction of sp³-hybridized carbons (Fsp3) is 0.286. The minimum absolute atomic E-state index is 0.329. The lowest BCUT2D eigenvalue weighted by Crippen LogP contribution is -2.57. The Morgan fingerprint density at radius 3 is 2.25 bits per heavy atom. The van der Waals surface area contributed by atoms with Gasteiger partial charge in [-0.3, -0.25) is 10.4 Å². The number of benzene rings is 1. The number of pyridine rings is 1. The highest BCUT2D eigenvalue weighted by Gasteiger charge is 2.80. The van der Waals surface area contributed by atoms with E-state index >= 15 is 0 Å². The number of hydrogen-bond acceptors (Lipinski definition) is 7. The predicted octanol–water partition coefficient (Wildman–Crippen LogP) is 3.19. The second-order valence-corrected chi connectivity index (χ2v) is 6.89. The van der Waals surface area contributed by atoms with Crippen LogP contribution in [0.15, 0.2) is 54.7 Å². The van der Waals surface area contributed by atoms with E-state index in [0.717, 1.165) is 0 Å². The molecular formula is C21H15N5O2. The number of fused-ring (bicyclic) bond motifs is 2. The van der Waals surface area contributed by atoms with Crippen LogP contribution < -0.4 is 0 Å². The van der Waals surface area contributed by atoms with Crippen LogP contribution in [0.1, 0.15) is 24.3 Å². The Morgan fingerprint density at radius 1 is 1.00 bits per heavy atom. The lowest BCUT2D eigenvalue weighted by Gasteiger charge is -2.48. The van der Waals surface area contributed by atoms with E-state index in [0.29, 0.717) is 11.3 Å². The van der Waals surface area contributed by atoms with Crippen molar-refractivity contribution in [1.82, 2.24) is 4.98 Å². The summed E-state index contributed by atoms with van der Waals surface area (Å²) < 4.78 is 12.2. The van der Waals surface area contributed by atoms with Crippen molar-refractivity contribution in [3.05, 3.63) is 66.0 Å². The fourth-order valence-electron chi connectivity index (χ4n) is 4.33. The Morgan fingerprint density at radius 2 is 1.68 bits per heavy atom. The van der Waals surface area contributed by atoms with Gasteiger partial charge in [-0.1, -0.05) is 43.3 Å². The number of nitrogens with zero attached hydrogens (tertiary/aromatic N) is 4. The van der Waals surface area contributed by atoms with Crippen molar-refractivity contribution in [1.29, 1.82) is 21.2 Å². The Hall–Kier alpha value is -3.73. The third kappa shape index (κ3) is 1.83. The molecule has 0 spiro atoms. The number of ether oxygens (including phenoxy) is 2. The molecule has 4 unspecified atom stereocenters. The Kier molecular flexibility index (Phi) is 3.72. The van der Waals surface area contributed by atoms with Crippen LogP contribution >= 0.6 is 0 Å². The van der Waals surface area contributed by atoms with E-state index in [4.69, 9.17) is 14.9 Å². The molecule has 4 rings (SSSR count). The normalized spacial score (nSPS) is 32.4. The average Bonchev–Trinajstić information content (AvgIpc) is 2.91. The first-order valence-corrected chi connectivity index (χ1v) is 8.68. The molecule has 2 saturated heterocycles. The Labute approximate surface area is 161 Å². The number of nitriles is 3. The first-order chi connectivity index (χ1) is 13.5. The molecule has 0 saturated carbocycles. The molecule has 2 bridgehead atoms. The van der Waals surface area contributed by atoms with Gasteiger partial charge in [-0.25, -0.2) is 0 Å². The lowest BCUT2D eigenvalue weighted by molar-refractivity contribution is -0.289. The summed E-state index contributed by atoms with van der Waals surface area (Å²) in [7, 11) is 0. The van der Waals surface area contributed by atoms with E-state index in [1.165, 1.54) is 6.20 Å². The maximum absolute atomic E-state index is 10.2. The molecule has 2 aliphatic heterocycles. The van der Waals surface area contributed by atoms with E-state index in [2.05, 4.69) is 11.1 Å². The van der Waals surface area contributed by atoms with Crippen LogP contribution in [0, 0.1) is 56.2 Å². The molecule has 4 atom stereocenters. The highest BCUT2D eigenvalue weighted by Crippen LogP contribution is 2.68. The Bertz CT molecular complexity index is 1050. The summed E-state index contributed by atoms with van der Waals surface area (Å²) in [6.45, 7) is 1.68. The van der Waals surface area contributed by atoms with Gasteiger partial charge in [-0.15, -0.1) is 0 Å². The molecule has 0 radical (unpaired) electrons. The highest BCUT2D eigenvalue weighted by molar-refractivity contribution is 5.89. The van der Waals surface area contributed by atoms with Crippen LogP contribution in [0.4, 0.5) is 0 Å². The third-order valence-corrected chi connectivity index (χ3v) is 5.80. The molecular weight excluding hydrogens is 354 g/mol. The van der Waals surface area contributed by atoms with Crippen molar-refractivity contribution >= 4 is 5.90 Å². The largest absolute Gasteiger partial charge is 0.443 e. The molecule has 28 heavy (non-hydrogen) atoms. The predicted molar refractivity (Wildman–Crippen MR) is 95.9 cm³/mol. The highest BCUT2D eigenvalue weighted by atomic mass is 16.7. The number of hydrogen-bond donors (Lipinski definition) is 1. The second kappa shape index (κ2) is 5.89. The summed E-state index contributed by atoms with van der Waals surface area (Å²) in [6, 6.07) is 20.1. The van der Waals surface area contributed by atoms with Gasteiger partial charge < -0.3 is 9.47 Å². The van der Waals surface area contributed by atoms with Crippen LogP contribution in [0.3, 0.4) is 0 Å². The first kappa shape index (κ1) is 17.7. The van der Waals surface area contributed by atoms with Crippen molar-refractivity contribution < 1.29 is 9.47 Å². The topological polar surface area (TPSA) is 127 Å². The minimum Gasteiger partial charge on any atom is -0.443 e. The van der Waals surface area contributed by atoms with Gasteiger partial charge in [0.05, 0.1) is 29.8 Å². The molecule has 136 valence electrons. The first-order valence-electron chi connectivity index (χ1n) is 8.68. The number of aromatic nitrogens is 1. The van der Waals surface area contributed by atoms with Crippen molar-refractivity contribution in [2.45, 2.75) is 18.8 Å². The zero-order valence-electron chi connectivity index (χ0n) is 15.0. The molecule has 2 aromatic rings. The molecule has 1 aromatic carbocycles. The molecule has 1 aromatic heterocycles. The zero-order valence-corrected chi connectivity index (χ0v) is 15.0. The van der Waals surface area contributed by atoms with Crippen LogP contribution in [0.25, 0.3) is 0 Å². The third-order valence-electron chi connectivity index (χ3n) is 5.80. The summed E-state index contributed by atoms with van der Waals surface area (Å²) in [4.78, 5) is 4.27. The molecule has 7 nitrogen and oxygen atoms in total. The summed E-state index contributed by atoms with van der Waals surface area (Å²) in [5, 5.41) is 38.9. The smallest absolute Gasteiger partial charge is 0.244 e. The van der Waals surface area contributed by atoms with Crippen molar-refractivity contribution in [3.63, 3.8) is 0 Å². The van der Waals surface area contributed by atoms with Crippen LogP contribution in [0.2, 0.25) is 0 Å². The van der Waals surface area contributed by atoms with Gasteiger partial charge in [0.25, 0.3) is 0 Å². The van der Waals surface area contributed by atoms with E-state index in [-0.39, 0.29) is 0 Å². The van der Waals surface area contributed by atoms with E-state index in [1.807, 2.05) is 18.2 Å². The van der Waals surface area contributed by atoms with E-state index in [1.54, 1.807) is 49.4 Å². The van der Waals surface area contributed by atoms with Crippen LogP contribution in [-0.4, -0.2) is 10.9 Å². The molecule has 2 fully saturated rings. The molecule has 1 N–H and O–H groups in total. The average molecular weight is 369 g/mol. The van der Waals surface area contributed by atoms with E-state index in [9.17, 15) is 15.8 Å².